The van der Waals surface area contributed by atoms with Gasteiger partial charge in [0.15, 0.2) is 0 Å². The lowest BCUT2D eigenvalue weighted by Gasteiger charge is -2.33. The van der Waals surface area contributed by atoms with E-state index in [-0.39, 0.29) is 18.0 Å². The van der Waals surface area contributed by atoms with Crippen LogP contribution in [0, 0.1) is 0 Å². The van der Waals surface area contributed by atoms with E-state index in [1.165, 1.54) is 6.42 Å². The molecule has 1 aromatic heterocycles. The highest BCUT2D eigenvalue weighted by Gasteiger charge is 2.24. The number of pyridine rings is 1. The molecular weight excluding hydrogens is 406 g/mol. The van der Waals surface area contributed by atoms with Crippen molar-refractivity contribution in [2.45, 2.75) is 38.8 Å². The van der Waals surface area contributed by atoms with Crippen LogP contribution in [0.1, 0.15) is 42.1 Å². The number of nitrogens with zero attached hydrogens (tertiary/aromatic N) is 3. The van der Waals surface area contributed by atoms with Crippen LogP contribution in [-0.2, 0) is 11.3 Å². The van der Waals surface area contributed by atoms with Gasteiger partial charge in [-0.25, -0.2) is 9.78 Å². The number of hydrogen-bond acceptors (Lipinski definition) is 5. The molecule has 1 aromatic carbocycles. The maximum absolute atomic E-state index is 12.8. The normalized spacial score (nSPS) is 18.8. The standard InChI is InChI=1S/C24H31N5O3/c1-18-5-2-3-12-29(18)23(30)19-7-9-21(10-8-19)27-24(31)26-17-20-6-4-11-25-22(20)28-13-15-32-16-14-28/h4,6-11,18H,2-3,5,12-17H2,1H3,(H2,26,27,31)/t18-/m1/s1. The van der Waals surface area contributed by atoms with E-state index in [1.807, 2.05) is 17.0 Å². The fourth-order valence-electron chi connectivity index (χ4n) is 4.24. The van der Waals surface area contributed by atoms with Crippen molar-refractivity contribution < 1.29 is 14.3 Å². The average Bonchev–Trinajstić information content (AvgIpc) is 2.84. The lowest BCUT2D eigenvalue weighted by atomic mass is 10.0. The van der Waals surface area contributed by atoms with Crippen molar-refractivity contribution >= 4 is 23.4 Å². The number of carbonyl (C=O) groups is 2. The summed E-state index contributed by atoms with van der Waals surface area (Å²) in [4.78, 5) is 33.8. The summed E-state index contributed by atoms with van der Waals surface area (Å²) >= 11 is 0. The minimum atomic E-state index is -0.300. The van der Waals surface area contributed by atoms with E-state index in [9.17, 15) is 9.59 Å². The van der Waals surface area contributed by atoms with E-state index in [4.69, 9.17) is 4.74 Å². The fraction of sp³-hybridized carbons (Fsp3) is 0.458. The molecule has 8 heteroatoms. The molecule has 2 N–H and O–H groups in total. The predicted octanol–water partition coefficient (Wildman–Crippen LogP) is 3.25. The molecule has 0 spiro atoms. The van der Waals surface area contributed by atoms with E-state index in [2.05, 4.69) is 27.4 Å². The van der Waals surface area contributed by atoms with Gasteiger partial charge in [-0.2, -0.15) is 0 Å². The second-order valence-corrected chi connectivity index (χ2v) is 8.31. The third-order valence-electron chi connectivity index (χ3n) is 6.07. The summed E-state index contributed by atoms with van der Waals surface area (Å²) in [5.74, 6) is 0.936. The summed E-state index contributed by atoms with van der Waals surface area (Å²) in [5, 5.41) is 5.74. The van der Waals surface area contributed by atoms with Crippen molar-refractivity contribution in [2.24, 2.45) is 0 Å². The van der Waals surface area contributed by atoms with Crippen LogP contribution in [0.5, 0.6) is 0 Å². The second kappa shape index (κ2) is 10.5. The summed E-state index contributed by atoms with van der Waals surface area (Å²) in [6.45, 7) is 6.22. The van der Waals surface area contributed by atoms with Gasteiger partial charge in [-0.15, -0.1) is 0 Å². The number of piperidine rings is 1. The fourth-order valence-corrected chi connectivity index (χ4v) is 4.24. The minimum absolute atomic E-state index is 0.0559. The molecule has 0 saturated carbocycles. The summed E-state index contributed by atoms with van der Waals surface area (Å²) in [7, 11) is 0. The summed E-state index contributed by atoms with van der Waals surface area (Å²) in [6, 6.07) is 10.9. The van der Waals surface area contributed by atoms with Crippen molar-refractivity contribution in [1.29, 1.82) is 0 Å². The quantitative estimate of drug-likeness (QED) is 0.750. The molecular formula is C24H31N5O3. The van der Waals surface area contributed by atoms with Gasteiger partial charge in [0, 0.05) is 55.2 Å². The third-order valence-corrected chi connectivity index (χ3v) is 6.07. The molecule has 3 amide bonds. The van der Waals surface area contributed by atoms with Gasteiger partial charge >= 0.3 is 6.03 Å². The van der Waals surface area contributed by atoms with E-state index >= 15 is 0 Å². The van der Waals surface area contributed by atoms with E-state index in [0.29, 0.717) is 31.0 Å². The van der Waals surface area contributed by atoms with Crippen LogP contribution in [0.4, 0.5) is 16.3 Å². The van der Waals surface area contributed by atoms with E-state index in [1.54, 1.807) is 30.5 Å². The number of hydrogen-bond donors (Lipinski definition) is 2. The van der Waals surface area contributed by atoms with Crippen molar-refractivity contribution in [3.8, 4) is 0 Å². The van der Waals surface area contributed by atoms with Crippen LogP contribution in [0.15, 0.2) is 42.6 Å². The average molecular weight is 438 g/mol. The third kappa shape index (κ3) is 5.37. The number of likely N-dealkylation sites (tertiary alicyclic amines) is 1. The molecule has 1 atom stereocenters. The van der Waals surface area contributed by atoms with Crippen LogP contribution in [0.25, 0.3) is 0 Å². The molecule has 0 bridgehead atoms. The summed E-state index contributed by atoms with van der Waals surface area (Å²) < 4.78 is 5.42. The Morgan fingerprint density at radius 3 is 2.62 bits per heavy atom. The maximum atomic E-state index is 12.8. The van der Waals surface area contributed by atoms with Gasteiger partial charge in [0.2, 0.25) is 0 Å². The van der Waals surface area contributed by atoms with Crippen LogP contribution in [0.2, 0.25) is 0 Å². The minimum Gasteiger partial charge on any atom is -0.378 e. The summed E-state index contributed by atoms with van der Waals surface area (Å²) in [6.07, 6.45) is 5.05. The van der Waals surface area contributed by atoms with Crippen LogP contribution >= 0.6 is 0 Å². The highest BCUT2D eigenvalue weighted by molar-refractivity contribution is 5.95. The smallest absolute Gasteiger partial charge is 0.319 e. The molecule has 2 aromatic rings. The van der Waals surface area contributed by atoms with Crippen LogP contribution < -0.4 is 15.5 Å². The molecule has 8 nitrogen and oxygen atoms in total. The number of carbonyl (C=O) groups excluding carboxylic acids is 2. The molecule has 32 heavy (non-hydrogen) atoms. The number of morpholine rings is 1. The number of benzene rings is 1. The molecule has 170 valence electrons. The number of anilines is 2. The first-order chi connectivity index (χ1) is 15.6. The first kappa shape index (κ1) is 22.1. The molecule has 3 heterocycles. The van der Waals surface area contributed by atoms with Gasteiger partial charge in [0.1, 0.15) is 5.82 Å². The highest BCUT2D eigenvalue weighted by atomic mass is 16.5. The number of ether oxygens (including phenoxy) is 1. The van der Waals surface area contributed by atoms with Gasteiger partial charge in [-0.1, -0.05) is 6.07 Å². The van der Waals surface area contributed by atoms with Gasteiger partial charge in [-0.3, -0.25) is 4.79 Å². The first-order valence-electron chi connectivity index (χ1n) is 11.3. The summed E-state index contributed by atoms with van der Waals surface area (Å²) in [5.41, 5.74) is 2.25. The molecule has 2 fully saturated rings. The maximum Gasteiger partial charge on any atom is 0.319 e. The number of urea groups is 1. The molecule has 2 saturated heterocycles. The lowest BCUT2D eigenvalue weighted by Crippen LogP contribution is -2.42. The van der Waals surface area contributed by atoms with Gasteiger partial charge < -0.3 is 25.2 Å². The van der Waals surface area contributed by atoms with Gasteiger partial charge in [0.25, 0.3) is 5.91 Å². The molecule has 0 aliphatic carbocycles. The Kier molecular flexibility index (Phi) is 7.21. The largest absolute Gasteiger partial charge is 0.378 e. The Bertz CT molecular complexity index is 927. The predicted molar refractivity (Wildman–Crippen MR) is 124 cm³/mol. The molecule has 0 radical (unpaired) electrons. The topological polar surface area (TPSA) is 86.8 Å². The lowest BCUT2D eigenvalue weighted by molar-refractivity contribution is 0.0635. The van der Waals surface area contributed by atoms with E-state index in [0.717, 1.165) is 43.9 Å². The first-order valence-corrected chi connectivity index (χ1v) is 11.3. The Morgan fingerprint density at radius 2 is 1.88 bits per heavy atom. The molecule has 4 rings (SSSR count). The highest BCUT2D eigenvalue weighted by Crippen LogP contribution is 2.21. The van der Waals surface area contributed by atoms with Crippen LogP contribution in [-0.4, -0.2) is 60.7 Å². The Morgan fingerprint density at radius 1 is 1.09 bits per heavy atom. The Balaban J connectivity index is 1.32. The zero-order chi connectivity index (χ0) is 22.3. The van der Waals surface area contributed by atoms with Gasteiger partial charge in [-0.05, 0) is 56.5 Å². The zero-order valence-corrected chi connectivity index (χ0v) is 18.5. The number of aromatic nitrogens is 1. The van der Waals surface area contributed by atoms with Crippen molar-refractivity contribution in [1.82, 2.24) is 15.2 Å². The monoisotopic (exact) mass is 437 g/mol. The van der Waals surface area contributed by atoms with E-state index < -0.39 is 0 Å². The van der Waals surface area contributed by atoms with Crippen molar-refractivity contribution in [3.63, 3.8) is 0 Å². The second-order valence-electron chi connectivity index (χ2n) is 8.31. The molecule has 2 aliphatic rings. The van der Waals surface area contributed by atoms with Gasteiger partial charge in [0.05, 0.1) is 13.2 Å². The Hall–Kier alpha value is -3.13. The Labute approximate surface area is 188 Å². The molecule has 2 aliphatic heterocycles. The zero-order valence-electron chi connectivity index (χ0n) is 18.5. The number of rotatable bonds is 5. The molecule has 0 unspecified atom stereocenters. The SMILES string of the molecule is C[C@@H]1CCCCN1C(=O)c1ccc(NC(=O)NCc2cccnc2N2CCOCC2)cc1. The number of nitrogens with one attached hydrogen (secondary N) is 2. The van der Waals surface area contributed by atoms with Crippen molar-refractivity contribution in [3.05, 3.63) is 53.7 Å². The number of amides is 3. The van der Waals surface area contributed by atoms with Crippen molar-refractivity contribution in [2.75, 3.05) is 43.1 Å². The van der Waals surface area contributed by atoms with Crippen LogP contribution in [0.3, 0.4) is 0 Å².